The number of rotatable bonds is 7. The van der Waals surface area contributed by atoms with Gasteiger partial charge in [-0.15, -0.1) is 0 Å². The minimum Gasteiger partial charge on any atom is -0.496 e. The van der Waals surface area contributed by atoms with E-state index in [-0.39, 0.29) is 12.0 Å². The van der Waals surface area contributed by atoms with Crippen LogP contribution < -0.4 is 15.4 Å². The Morgan fingerprint density at radius 1 is 1.00 bits per heavy atom. The van der Waals surface area contributed by atoms with Crippen LogP contribution >= 0.6 is 0 Å². The van der Waals surface area contributed by atoms with Crippen LogP contribution in [0.25, 0.3) is 0 Å². The molecular weight excluding hydrogens is 384 g/mol. The summed E-state index contributed by atoms with van der Waals surface area (Å²) in [4.78, 5) is 36.5. The lowest BCUT2D eigenvalue weighted by atomic mass is 9.87. The van der Waals surface area contributed by atoms with Crippen LogP contribution in [-0.2, 0) is 19.7 Å². The SMILES string of the molecule is COc1ccccc1C(=O)NCC(=O)OC(C)C(=O)Nc1ccc(C(C)(C)C)cc1. The molecule has 0 aliphatic carbocycles. The van der Waals surface area contributed by atoms with Crippen molar-refractivity contribution in [2.24, 2.45) is 0 Å². The molecule has 0 bridgehead atoms. The summed E-state index contributed by atoms with van der Waals surface area (Å²) in [7, 11) is 1.46. The second kappa shape index (κ2) is 9.91. The van der Waals surface area contributed by atoms with Gasteiger partial charge in [-0.05, 0) is 42.2 Å². The van der Waals surface area contributed by atoms with Crippen LogP contribution in [0.5, 0.6) is 5.75 Å². The third kappa shape index (κ3) is 6.34. The molecule has 30 heavy (non-hydrogen) atoms. The van der Waals surface area contributed by atoms with E-state index in [0.29, 0.717) is 17.0 Å². The van der Waals surface area contributed by atoms with E-state index in [9.17, 15) is 14.4 Å². The van der Waals surface area contributed by atoms with Crippen LogP contribution in [0, 0.1) is 0 Å². The number of ether oxygens (including phenoxy) is 2. The lowest BCUT2D eigenvalue weighted by Crippen LogP contribution is -2.36. The van der Waals surface area contributed by atoms with Gasteiger partial charge < -0.3 is 20.1 Å². The number of carbonyl (C=O) groups is 3. The van der Waals surface area contributed by atoms with Crippen LogP contribution in [0.4, 0.5) is 5.69 Å². The number of hydrogen-bond acceptors (Lipinski definition) is 5. The summed E-state index contributed by atoms with van der Waals surface area (Å²) >= 11 is 0. The molecule has 0 saturated carbocycles. The Morgan fingerprint density at radius 3 is 2.23 bits per heavy atom. The first-order chi connectivity index (χ1) is 14.1. The zero-order chi connectivity index (χ0) is 22.3. The molecule has 0 fully saturated rings. The Balaban J connectivity index is 1.84. The highest BCUT2D eigenvalue weighted by atomic mass is 16.5. The van der Waals surface area contributed by atoms with E-state index >= 15 is 0 Å². The highest BCUT2D eigenvalue weighted by molar-refractivity contribution is 5.99. The number of hydrogen-bond donors (Lipinski definition) is 2. The van der Waals surface area contributed by atoms with E-state index in [1.807, 2.05) is 12.1 Å². The molecule has 2 N–H and O–H groups in total. The number of nitrogens with one attached hydrogen (secondary N) is 2. The number of methoxy groups -OCH3 is 1. The Labute approximate surface area is 176 Å². The minimum absolute atomic E-state index is 0.0135. The standard InChI is InChI=1S/C23H28N2O5/c1-15(21(27)25-17-12-10-16(11-13-17)23(2,3)4)30-20(26)14-24-22(28)18-8-6-7-9-19(18)29-5/h6-13,15H,14H2,1-5H3,(H,24,28)(H,25,27). The van der Waals surface area contributed by atoms with Gasteiger partial charge in [-0.2, -0.15) is 0 Å². The molecule has 0 aromatic heterocycles. The van der Waals surface area contributed by atoms with E-state index < -0.39 is 23.9 Å². The molecule has 0 spiro atoms. The first-order valence-electron chi connectivity index (χ1n) is 9.64. The average Bonchev–Trinajstić information content (AvgIpc) is 2.71. The van der Waals surface area contributed by atoms with Crippen LogP contribution in [0.1, 0.15) is 43.6 Å². The second-order valence-corrected chi connectivity index (χ2v) is 7.83. The van der Waals surface area contributed by atoms with Crippen LogP contribution in [0.15, 0.2) is 48.5 Å². The van der Waals surface area contributed by atoms with Crippen molar-refractivity contribution < 1.29 is 23.9 Å². The van der Waals surface area contributed by atoms with Gasteiger partial charge in [-0.1, -0.05) is 45.0 Å². The molecule has 0 radical (unpaired) electrons. The summed E-state index contributed by atoms with van der Waals surface area (Å²) in [6.45, 7) is 7.42. The maximum absolute atomic E-state index is 12.3. The van der Waals surface area contributed by atoms with Gasteiger partial charge in [0.2, 0.25) is 0 Å². The first kappa shape index (κ1) is 22.9. The van der Waals surface area contributed by atoms with Crippen molar-refractivity contribution in [3.63, 3.8) is 0 Å². The molecule has 2 aromatic carbocycles. The fourth-order valence-corrected chi connectivity index (χ4v) is 2.67. The third-order valence-corrected chi connectivity index (χ3v) is 4.44. The predicted octanol–water partition coefficient (Wildman–Crippen LogP) is 3.29. The molecule has 7 nitrogen and oxygen atoms in total. The average molecular weight is 412 g/mol. The highest BCUT2D eigenvalue weighted by Crippen LogP contribution is 2.23. The molecular formula is C23H28N2O5. The zero-order valence-electron chi connectivity index (χ0n) is 17.9. The van der Waals surface area contributed by atoms with Gasteiger partial charge in [0, 0.05) is 5.69 Å². The molecule has 1 atom stereocenters. The summed E-state index contributed by atoms with van der Waals surface area (Å²) in [5, 5.41) is 5.17. The van der Waals surface area contributed by atoms with Crippen molar-refractivity contribution in [3.8, 4) is 5.75 Å². The number of para-hydroxylation sites is 1. The predicted molar refractivity (Wildman–Crippen MR) is 115 cm³/mol. The normalized spacial score (nSPS) is 11.9. The summed E-state index contributed by atoms with van der Waals surface area (Å²) < 4.78 is 10.2. The van der Waals surface area contributed by atoms with Crippen molar-refractivity contribution >= 4 is 23.5 Å². The lowest BCUT2D eigenvalue weighted by Gasteiger charge is -2.19. The van der Waals surface area contributed by atoms with Gasteiger partial charge in [-0.3, -0.25) is 14.4 Å². The maximum atomic E-state index is 12.3. The number of esters is 1. The fraction of sp³-hybridized carbons (Fsp3) is 0.348. The van der Waals surface area contributed by atoms with Crippen molar-refractivity contribution in [1.82, 2.24) is 5.32 Å². The van der Waals surface area contributed by atoms with Gasteiger partial charge >= 0.3 is 5.97 Å². The van der Waals surface area contributed by atoms with Gasteiger partial charge in [0.15, 0.2) is 6.10 Å². The number of benzene rings is 2. The minimum atomic E-state index is -1.01. The lowest BCUT2D eigenvalue weighted by molar-refractivity contribution is -0.152. The van der Waals surface area contributed by atoms with Crippen molar-refractivity contribution in [3.05, 3.63) is 59.7 Å². The molecule has 0 aliphatic heterocycles. The summed E-state index contributed by atoms with van der Waals surface area (Å²) in [5.74, 6) is -1.25. The van der Waals surface area contributed by atoms with E-state index in [1.165, 1.54) is 14.0 Å². The van der Waals surface area contributed by atoms with E-state index in [2.05, 4.69) is 31.4 Å². The van der Waals surface area contributed by atoms with Gasteiger partial charge in [0.25, 0.3) is 11.8 Å². The van der Waals surface area contributed by atoms with Crippen molar-refractivity contribution in [2.75, 3.05) is 19.0 Å². The van der Waals surface area contributed by atoms with E-state index in [1.54, 1.807) is 36.4 Å². The quantitative estimate of drug-likeness (QED) is 0.681. The molecule has 0 aliphatic rings. The Hall–Kier alpha value is -3.35. The van der Waals surface area contributed by atoms with Gasteiger partial charge in [0.1, 0.15) is 12.3 Å². The van der Waals surface area contributed by atoms with E-state index in [4.69, 9.17) is 9.47 Å². The van der Waals surface area contributed by atoms with Crippen LogP contribution in [0.3, 0.4) is 0 Å². The van der Waals surface area contributed by atoms with Crippen LogP contribution in [0.2, 0.25) is 0 Å². The largest absolute Gasteiger partial charge is 0.496 e. The second-order valence-electron chi connectivity index (χ2n) is 7.83. The fourth-order valence-electron chi connectivity index (χ4n) is 2.67. The van der Waals surface area contributed by atoms with Crippen molar-refractivity contribution in [2.45, 2.75) is 39.2 Å². The molecule has 0 heterocycles. The molecule has 1 unspecified atom stereocenters. The Kier molecular flexibility index (Phi) is 7.58. The molecule has 7 heteroatoms. The Bertz CT molecular complexity index is 901. The smallest absolute Gasteiger partial charge is 0.326 e. The summed E-state index contributed by atoms with van der Waals surface area (Å²) in [6, 6.07) is 14.2. The molecule has 2 aromatic rings. The van der Waals surface area contributed by atoms with Gasteiger partial charge in [0.05, 0.1) is 12.7 Å². The van der Waals surface area contributed by atoms with Gasteiger partial charge in [-0.25, -0.2) is 0 Å². The number of amides is 2. The monoisotopic (exact) mass is 412 g/mol. The molecule has 2 rings (SSSR count). The molecule has 0 saturated heterocycles. The summed E-state index contributed by atoms with van der Waals surface area (Å²) in [6.07, 6.45) is -1.01. The highest BCUT2D eigenvalue weighted by Gasteiger charge is 2.20. The molecule has 2 amide bonds. The topological polar surface area (TPSA) is 93.7 Å². The first-order valence-corrected chi connectivity index (χ1v) is 9.64. The maximum Gasteiger partial charge on any atom is 0.326 e. The molecule has 160 valence electrons. The van der Waals surface area contributed by atoms with Crippen LogP contribution in [-0.4, -0.2) is 37.5 Å². The third-order valence-electron chi connectivity index (χ3n) is 4.44. The Morgan fingerprint density at radius 2 is 1.63 bits per heavy atom. The zero-order valence-corrected chi connectivity index (χ0v) is 17.9. The van der Waals surface area contributed by atoms with Crippen molar-refractivity contribution in [1.29, 1.82) is 0 Å². The van der Waals surface area contributed by atoms with E-state index in [0.717, 1.165) is 5.56 Å². The number of anilines is 1. The summed E-state index contributed by atoms with van der Waals surface area (Å²) in [5.41, 5.74) is 2.07. The number of carbonyl (C=O) groups excluding carboxylic acids is 3.